The molecule has 30 heavy (non-hydrogen) atoms. The summed E-state index contributed by atoms with van der Waals surface area (Å²) in [5.74, 6) is 2.54. The maximum atomic E-state index is 12.2. The molecular weight excluding hydrogens is 372 g/mol. The second-order valence-electron chi connectivity index (χ2n) is 12.5. The van der Waals surface area contributed by atoms with Crippen molar-refractivity contribution in [2.45, 2.75) is 117 Å². The van der Waals surface area contributed by atoms with Crippen molar-refractivity contribution in [1.29, 1.82) is 0 Å². The van der Waals surface area contributed by atoms with Gasteiger partial charge < -0.3 is 15.3 Å². The van der Waals surface area contributed by atoms with Crippen LogP contribution in [0.5, 0.6) is 0 Å². The SMILES string of the molecule is CC(C)CCC[C@@H](C)[C@H]1CC[C@H]2[C@@H]3[C@@H](O)C=C4C[C@@H](O)CC[C@]4(C)[C@@]3(O)CC[C@]12C. The van der Waals surface area contributed by atoms with Crippen LogP contribution in [-0.4, -0.2) is 33.1 Å². The third kappa shape index (κ3) is 3.33. The number of aliphatic hydroxyl groups excluding tert-OH is 2. The molecule has 0 aromatic heterocycles. The smallest absolute Gasteiger partial charge is 0.0796 e. The van der Waals surface area contributed by atoms with E-state index in [9.17, 15) is 15.3 Å². The number of hydrogen-bond donors (Lipinski definition) is 3. The summed E-state index contributed by atoms with van der Waals surface area (Å²) in [6.45, 7) is 11.8. The van der Waals surface area contributed by atoms with Gasteiger partial charge in [0.2, 0.25) is 0 Å². The van der Waals surface area contributed by atoms with Gasteiger partial charge in [-0.2, -0.15) is 0 Å². The Morgan fingerprint density at radius 2 is 1.73 bits per heavy atom. The van der Waals surface area contributed by atoms with Crippen LogP contribution in [0.15, 0.2) is 11.6 Å². The highest BCUT2D eigenvalue weighted by atomic mass is 16.3. The fourth-order valence-electron chi connectivity index (χ4n) is 8.61. The third-order valence-electron chi connectivity index (χ3n) is 10.5. The highest BCUT2D eigenvalue weighted by Gasteiger charge is 2.67. The molecule has 3 heteroatoms. The quantitative estimate of drug-likeness (QED) is 0.519. The zero-order chi connectivity index (χ0) is 21.9. The number of rotatable bonds is 5. The fraction of sp³-hybridized carbons (Fsp3) is 0.926. The Kier molecular flexibility index (Phi) is 5.99. The maximum absolute atomic E-state index is 12.2. The molecule has 0 unspecified atom stereocenters. The summed E-state index contributed by atoms with van der Waals surface area (Å²) < 4.78 is 0. The molecule has 3 nitrogen and oxygen atoms in total. The third-order valence-corrected chi connectivity index (χ3v) is 10.5. The van der Waals surface area contributed by atoms with Gasteiger partial charge in [0.1, 0.15) is 0 Å². The number of hydrogen-bond acceptors (Lipinski definition) is 3. The summed E-state index contributed by atoms with van der Waals surface area (Å²) in [6.07, 6.45) is 11.5. The van der Waals surface area contributed by atoms with E-state index in [1.807, 2.05) is 6.08 Å². The normalized spacial score (nSPS) is 49.2. The monoisotopic (exact) mass is 418 g/mol. The van der Waals surface area contributed by atoms with Crippen LogP contribution >= 0.6 is 0 Å². The molecule has 0 amide bonds. The van der Waals surface area contributed by atoms with Crippen LogP contribution in [-0.2, 0) is 0 Å². The molecule has 4 aliphatic carbocycles. The molecule has 9 atom stereocenters. The Bertz CT molecular complexity index is 671. The van der Waals surface area contributed by atoms with Crippen LogP contribution in [0.4, 0.5) is 0 Å². The molecule has 0 aliphatic heterocycles. The molecule has 0 heterocycles. The molecule has 172 valence electrons. The molecule has 3 N–H and O–H groups in total. The minimum atomic E-state index is -0.837. The fourth-order valence-corrected chi connectivity index (χ4v) is 8.61. The molecule has 0 saturated heterocycles. The lowest BCUT2D eigenvalue weighted by Gasteiger charge is -2.63. The van der Waals surface area contributed by atoms with Crippen molar-refractivity contribution < 1.29 is 15.3 Å². The molecule has 0 aromatic rings. The second-order valence-corrected chi connectivity index (χ2v) is 12.5. The van der Waals surface area contributed by atoms with Gasteiger partial charge in [-0.15, -0.1) is 0 Å². The molecule has 4 rings (SSSR count). The summed E-state index contributed by atoms with van der Waals surface area (Å²) in [4.78, 5) is 0. The van der Waals surface area contributed by atoms with Gasteiger partial charge in [-0.25, -0.2) is 0 Å². The van der Waals surface area contributed by atoms with Crippen LogP contribution in [0.1, 0.15) is 98.8 Å². The molecular formula is C27H46O3. The van der Waals surface area contributed by atoms with Gasteiger partial charge in [-0.3, -0.25) is 0 Å². The van der Waals surface area contributed by atoms with Crippen LogP contribution in [0.3, 0.4) is 0 Å². The second kappa shape index (κ2) is 7.89. The Morgan fingerprint density at radius 3 is 2.43 bits per heavy atom. The Morgan fingerprint density at radius 1 is 1.00 bits per heavy atom. The Labute approximate surface area is 184 Å². The van der Waals surface area contributed by atoms with Crippen molar-refractivity contribution in [3.8, 4) is 0 Å². The highest BCUT2D eigenvalue weighted by Crippen LogP contribution is 2.68. The zero-order valence-electron chi connectivity index (χ0n) is 20.0. The van der Waals surface area contributed by atoms with E-state index >= 15 is 0 Å². The average molecular weight is 419 g/mol. The Hall–Kier alpha value is -0.380. The van der Waals surface area contributed by atoms with Crippen molar-refractivity contribution in [1.82, 2.24) is 0 Å². The molecule has 3 fully saturated rings. The largest absolute Gasteiger partial charge is 0.393 e. The van der Waals surface area contributed by atoms with Gasteiger partial charge in [0.15, 0.2) is 0 Å². The Balaban J connectivity index is 1.59. The van der Waals surface area contributed by atoms with Gasteiger partial charge >= 0.3 is 0 Å². The first kappa shape index (κ1) is 22.8. The standard InChI is InChI=1S/C27H46O3/c1-17(2)7-6-8-18(3)21-9-10-22-24-23(29)16-19-15-20(28)11-12-26(19,5)27(24,30)14-13-25(21,22)4/h16-18,20-24,28-30H,6-15H2,1-5H3/t18-,20+,21-,22+,23+,24-,25-,26+,27-/m1/s1. The van der Waals surface area contributed by atoms with Crippen LogP contribution in [0, 0.1) is 40.4 Å². The van der Waals surface area contributed by atoms with Crippen LogP contribution < -0.4 is 0 Å². The molecule has 0 bridgehead atoms. The number of fused-ring (bicyclic) bond motifs is 5. The van der Waals surface area contributed by atoms with Gasteiger partial charge in [-0.05, 0) is 74.0 Å². The summed E-state index contributed by atoms with van der Waals surface area (Å²) in [6, 6.07) is 0. The first-order valence-corrected chi connectivity index (χ1v) is 12.8. The average Bonchev–Trinajstić information content (AvgIpc) is 3.00. The van der Waals surface area contributed by atoms with Crippen LogP contribution in [0.25, 0.3) is 0 Å². The van der Waals surface area contributed by atoms with E-state index in [1.54, 1.807) is 0 Å². The van der Waals surface area contributed by atoms with Crippen LogP contribution in [0.2, 0.25) is 0 Å². The molecule has 0 aromatic carbocycles. The summed E-state index contributed by atoms with van der Waals surface area (Å²) >= 11 is 0. The summed E-state index contributed by atoms with van der Waals surface area (Å²) in [7, 11) is 0. The number of aliphatic hydroxyl groups is 3. The predicted octanol–water partition coefficient (Wildman–Crippen LogP) is 5.47. The predicted molar refractivity (Wildman–Crippen MR) is 122 cm³/mol. The van der Waals surface area contributed by atoms with E-state index in [0.717, 1.165) is 49.5 Å². The topological polar surface area (TPSA) is 60.7 Å². The summed E-state index contributed by atoms with van der Waals surface area (Å²) in [5, 5.41) is 33.7. The van der Waals surface area contributed by atoms with E-state index in [-0.39, 0.29) is 22.9 Å². The lowest BCUT2D eigenvalue weighted by molar-refractivity contribution is -0.213. The van der Waals surface area contributed by atoms with Crippen molar-refractivity contribution in [2.75, 3.05) is 0 Å². The molecule has 4 aliphatic rings. The van der Waals surface area contributed by atoms with Gasteiger partial charge in [0.25, 0.3) is 0 Å². The van der Waals surface area contributed by atoms with Gasteiger partial charge in [0, 0.05) is 11.3 Å². The zero-order valence-corrected chi connectivity index (χ0v) is 20.0. The van der Waals surface area contributed by atoms with E-state index in [2.05, 4.69) is 34.6 Å². The first-order chi connectivity index (χ1) is 14.0. The minimum absolute atomic E-state index is 0.0619. The van der Waals surface area contributed by atoms with E-state index < -0.39 is 11.7 Å². The van der Waals surface area contributed by atoms with Gasteiger partial charge in [-0.1, -0.05) is 65.5 Å². The summed E-state index contributed by atoms with van der Waals surface area (Å²) in [5.41, 5.74) is 0.202. The highest BCUT2D eigenvalue weighted by molar-refractivity contribution is 5.33. The van der Waals surface area contributed by atoms with Crippen molar-refractivity contribution in [3.63, 3.8) is 0 Å². The van der Waals surface area contributed by atoms with E-state index in [4.69, 9.17) is 0 Å². The molecule has 0 radical (unpaired) electrons. The molecule has 0 spiro atoms. The van der Waals surface area contributed by atoms with Gasteiger partial charge in [0.05, 0.1) is 17.8 Å². The van der Waals surface area contributed by atoms with Crippen molar-refractivity contribution in [2.24, 2.45) is 40.4 Å². The molecule has 3 saturated carbocycles. The van der Waals surface area contributed by atoms with Crippen molar-refractivity contribution >= 4 is 0 Å². The first-order valence-electron chi connectivity index (χ1n) is 12.8. The minimum Gasteiger partial charge on any atom is -0.393 e. The lowest BCUT2D eigenvalue weighted by Crippen LogP contribution is -2.66. The van der Waals surface area contributed by atoms with E-state index in [0.29, 0.717) is 18.3 Å². The van der Waals surface area contributed by atoms with E-state index in [1.165, 1.54) is 25.7 Å². The maximum Gasteiger partial charge on any atom is 0.0796 e. The van der Waals surface area contributed by atoms with Crippen molar-refractivity contribution in [3.05, 3.63) is 11.6 Å². The lowest BCUT2D eigenvalue weighted by atomic mass is 9.44.